The van der Waals surface area contributed by atoms with E-state index in [9.17, 15) is 4.79 Å². The highest BCUT2D eigenvalue weighted by molar-refractivity contribution is 6.31. The van der Waals surface area contributed by atoms with Gasteiger partial charge < -0.3 is 4.74 Å². The number of ether oxygens (including phenoxy) is 1. The summed E-state index contributed by atoms with van der Waals surface area (Å²) in [5.74, 6) is 0.512. The number of hydrogen-bond donors (Lipinski definition) is 0. The quantitative estimate of drug-likeness (QED) is 0.794. The minimum absolute atomic E-state index is 0.0287. The van der Waals surface area contributed by atoms with Crippen molar-refractivity contribution in [1.82, 2.24) is 9.78 Å². The van der Waals surface area contributed by atoms with E-state index < -0.39 is 0 Å². The minimum atomic E-state index is -0.0287. The van der Waals surface area contributed by atoms with Crippen molar-refractivity contribution in [2.75, 3.05) is 7.11 Å². The molecule has 0 spiro atoms. The van der Waals surface area contributed by atoms with Crippen LogP contribution in [0.15, 0.2) is 24.3 Å². The third-order valence-corrected chi connectivity index (χ3v) is 3.32. The molecular weight excluding hydrogens is 276 g/mol. The maximum Gasteiger partial charge on any atom is 0.172 e. The predicted molar refractivity (Wildman–Crippen MR) is 78.7 cm³/mol. The summed E-state index contributed by atoms with van der Waals surface area (Å²) in [6.45, 7) is 4.66. The van der Waals surface area contributed by atoms with E-state index in [1.165, 1.54) is 0 Å². The van der Waals surface area contributed by atoms with Gasteiger partial charge in [0.1, 0.15) is 5.75 Å². The maximum absolute atomic E-state index is 12.4. The van der Waals surface area contributed by atoms with E-state index in [2.05, 4.69) is 5.10 Å². The van der Waals surface area contributed by atoms with Gasteiger partial charge in [0.15, 0.2) is 5.78 Å². The van der Waals surface area contributed by atoms with Crippen molar-refractivity contribution in [3.63, 3.8) is 0 Å². The van der Waals surface area contributed by atoms with Crippen LogP contribution in [0, 0.1) is 6.92 Å². The Balaban J connectivity index is 2.30. The van der Waals surface area contributed by atoms with Gasteiger partial charge in [-0.25, -0.2) is 0 Å². The number of Topliss-reactive ketones (excluding diaryl/α,β-unsaturated/α-hetero) is 1. The molecule has 0 fully saturated rings. The molecule has 5 heteroatoms. The second kappa shape index (κ2) is 6.09. The Bertz CT molecular complexity index is 635. The second-order valence-corrected chi connectivity index (χ2v) is 4.97. The van der Waals surface area contributed by atoms with Gasteiger partial charge in [-0.2, -0.15) is 5.10 Å². The number of carbonyl (C=O) groups is 1. The van der Waals surface area contributed by atoms with Crippen molar-refractivity contribution in [3.8, 4) is 5.75 Å². The molecule has 0 aliphatic heterocycles. The number of hydrogen-bond acceptors (Lipinski definition) is 3. The number of benzene rings is 1. The monoisotopic (exact) mass is 292 g/mol. The lowest BCUT2D eigenvalue weighted by Gasteiger charge is -2.09. The van der Waals surface area contributed by atoms with Crippen LogP contribution in [0.2, 0.25) is 5.02 Å². The van der Waals surface area contributed by atoms with Crippen molar-refractivity contribution >= 4 is 17.4 Å². The van der Waals surface area contributed by atoms with Crippen LogP contribution in [0.4, 0.5) is 0 Å². The molecule has 106 valence electrons. The summed E-state index contributed by atoms with van der Waals surface area (Å²) in [6, 6.07) is 6.98. The summed E-state index contributed by atoms with van der Waals surface area (Å²) >= 11 is 5.96. The van der Waals surface area contributed by atoms with Crippen LogP contribution in [-0.4, -0.2) is 22.7 Å². The van der Waals surface area contributed by atoms with Crippen LogP contribution in [0.3, 0.4) is 0 Å². The molecule has 1 aromatic heterocycles. The molecule has 4 nitrogen and oxygen atoms in total. The molecular formula is C15H17ClN2O2. The minimum Gasteiger partial charge on any atom is -0.496 e. The van der Waals surface area contributed by atoms with Crippen LogP contribution in [-0.2, 0) is 13.0 Å². The zero-order chi connectivity index (χ0) is 14.7. The Morgan fingerprint density at radius 2 is 2.15 bits per heavy atom. The standard InChI is InChI=1S/C15H17ClN2O2/c1-4-18-12(7-10(2)17-18)9-14(19)13-8-11(16)5-6-15(13)20-3/h5-8H,4,9H2,1-3H3. The zero-order valence-electron chi connectivity index (χ0n) is 11.8. The highest BCUT2D eigenvalue weighted by Crippen LogP contribution is 2.24. The molecule has 0 saturated heterocycles. The summed E-state index contributed by atoms with van der Waals surface area (Å²) < 4.78 is 7.06. The van der Waals surface area contributed by atoms with Gasteiger partial charge in [0.05, 0.1) is 24.8 Å². The molecule has 0 radical (unpaired) electrons. The number of ketones is 1. The molecule has 1 heterocycles. The molecule has 1 aromatic carbocycles. The van der Waals surface area contributed by atoms with Crippen molar-refractivity contribution in [1.29, 1.82) is 0 Å². The molecule has 0 saturated carbocycles. The number of nitrogens with zero attached hydrogens (tertiary/aromatic N) is 2. The highest BCUT2D eigenvalue weighted by Gasteiger charge is 2.16. The normalized spacial score (nSPS) is 10.6. The van der Waals surface area contributed by atoms with Gasteiger partial charge in [-0.05, 0) is 38.1 Å². The van der Waals surface area contributed by atoms with Gasteiger partial charge in [0, 0.05) is 17.3 Å². The average molecular weight is 293 g/mol. The van der Waals surface area contributed by atoms with Gasteiger partial charge in [0.25, 0.3) is 0 Å². The summed E-state index contributed by atoms with van der Waals surface area (Å²) in [7, 11) is 1.54. The summed E-state index contributed by atoms with van der Waals surface area (Å²) in [6.07, 6.45) is 0.283. The lowest BCUT2D eigenvalue weighted by atomic mass is 10.1. The van der Waals surface area contributed by atoms with Crippen molar-refractivity contribution < 1.29 is 9.53 Å². The SMILES string of the molecule is CCn1nc(C)cc1CC(=O)c1cc(Cl)ccc1OC. The van der Waals surface area contributed by atoms with Crippen LogP contribution >= 0.6 is 11.6 Å². The number of halogens is 1. The van der Waals surface area contributed by atoms with E-state index in [1.807, 2.05) is 24.6 Å². The molecule has 2 rings (SSSR count). The first-order chi connectivity index (χ1) is 9.55. The first-order valence-electron chi connectivity index (χ1n) is 6.45. The van der Waals surface area contributed by atoms with Gasteiger partial charge >= 0.3 is 0 Å². The average Bonchev–Trinajstić information content (AvgIpc) is 2.78. The van der Waals surface area contributed by atoms with E-state index in [4.69, 9.17) is 16.3 Å². The molecule has 0 aliphatic carbocycles. The fourth-order valence-electron chi connectivity index (χ4n) is 2.17. The number of aryl methyl sites for hydroxylation is 2. The molecule has 0 N–H and O–H groups in total. The van der Waals surface area contributed by atoms with Crippen molar-refractivity contribution in [3.05, 3.63) is 46.2 Å². The molecule has 0 atom stereocenters. The number of rotatable bonds is 5. The Morgan fingerprint density at radius 3 is 2.80 bits per heavy atom. The van der Waals surface area contributed by atoms with E-state index in [-0.39, 0.29) is 12.2 Å². The highest BCUT2D eigenvalue weighted by atomic mass is 35.5. The second-order valence-electron chi connectivity index (χ2n) is 4.54. The fourth-order valence-corrected chi connectivity index (χ4v) is 2.35. The Kier molecular flexibility index (Phi) is 4.45. The topological polar surface area (TPSA) is 44.1 Å². The smallest absolute Gasteiger partial charge is 0.172 e. The predicted octanol–water partition coefficient (Wildman–Crippen LogP) is 3.30. The van der Waals surface area contributed by atoms with Crippen LogP contribution in [0.1, 0.15) is 28.7 Å². The molecule has 0 bridgehead atoms. The Hall–Kier alpha value is -1.81. The first-order valence-corrected chi connectivity index (χ1v) is 6.83. The third kappa shape index (κ3) is 3.02. The van der Waals surface area contributed by atoms with Crippen molar-refractivity contribution in [2.24, 2.45) is 0 Å². The van der Waals surface area contributed by atoms with Gasteiger partial charge in [-0.3, -0.25) is 9.48 Å². The van der Waals surface area contributed by atoms with Gasteiger partial charge in [0.2, 0.25) is 0 Å². The lowest BCUT2D eigenvalue weighted by molar-refractivity contribution is 0.0987. The zero-order valence-corrected chi connectivity index (χ0v) is 12.6. The molecule has 0 aliphatic rings. The molecule has 20 heavy (non-hydrogen) atoms. The van der Waals surface area contributed by atoms with E-state index in [0.29, 0.717) is 16.3 Å². The lowest BCUT2D eigenvalue weighted by Crippen LogP contribution is -2.10. The largest absolute Gasteiger partial charge is 0.496 e. The third-order valence-electron chi connectivity index (χ3n) is 3.09. The van der Waals surface area contributed by atoms with E-state index in [0.717, 1.165) is 17.9 Å². The molecule has 2 aromatic rings. The molecule has 0 amide bonds. The summed E-state index contributed by atoms with van der Waals surface area (Å²) in [4.78, 5) is 12.4. The maximum atomic E-state index is 12.4. The number of methoxy groups -OCH3 is 1. The van der Waals surface area contributed by atoms with Gasteiger partial charge in [-0.15, -0.1) is 0 Å². The fraction of sp³-hybridized carbons (Fsp3) is 0.333. The van der Waals surface area contributed by atoms with E-state index in [1.54, 1.807) is 25.3 Å². The Labute approximate surface area is 123 Å². The number of carbonyl (C=O) groups excluding carboxylic acids is 1. The van der Waals surface area contributed by atoms with Gasteiger partial charge in [-0.1, -0.05) is 11.6 Å². The van der Waals surface area contributed by atoms with Crippen LogP contribution in [0.25, 0.3) is 0 Å². The van der Waals surface area contributed by atoms with E-state index >= 15 is 0 Å². The summed E-state index contributed by atoms with van der Waals surface area (Å²) in [5.41, 5.74) is 2.31. The number of aromatic nitrogens is 2. The van der Waals surface area contributed by atoms with Crippen molar-refractivity contribution in [2.45, 2.75) is 26.8 Å². The molecule has 0 unspecified atom stereocenters. The summed E-state index contributed by atoms with van der Waals surface area (Å²) in [5, 5.41) is 4.87. The van der Waals surface area contributed by atoms with Crippen LogP contribution in [0.5, 0.6) is 5.75 Å². The van der Waals surface area contributed by atoms with Crippen LogP contribution < -0.4 is 4.74 Å². The Morgan fingerprint density at radius 1 is 1.40 bits per heavy atom. The first kappa shape index (κ1) is 14.6.